The van der Waals surface area contributed by atoms with Crippen molar-refractivity contribution in [1.29, 1.82) is 0 Å². The summed E-state index contributed by atoms with van der Waals surface area (Å²) in [4.78, 5) is 4.88. The second-order valence-electron chi connectivity index (χ2n) is 16.1. The maximum absolute atomic E-state index is 2.47. The Morgan fingerprint density at radius 2 is 0.967 bits per heavy atom. The van der Waals surface area contributed by atoms with Crippen LogP contribution in [0.15, 0.2) is 237 Å². The van der Waals surface area contributed by atoms with E-state index in [9.17, 15) is 0 Å². The van der Waals surface area contributed by atoms with Gasteiger partial charge in [0.15, 0.2) is 0 Å². The number of fused-ring (bicyclic) bond motifs is 7. The van der Waals surface area contributed by atoms with Crippen LogP contribution in [0.25, 0.3) is 27.7 Å². The molecule has 3 nitrogen and oxygen atoms in total. The lowest BCUT2D eigenvalue weighted by Crippen LogP contribution is -2.28. The van der Waals surface area contributed by atoms with Gasteiger partial charge in [-0.25, -0.2) is 0 Å². The van der Waals surface area contributed by atoms with Crippen molar-refractivity contribution in [3.8, 4) is 16.8 Å². The Morgan fingerprint density at radius 3 is 1.70 bits per heavy atom. The topological polar surface area (TPSA) is 11.4 Å². The maximum atomic E-state index is 2.47. The molecule has 1 aliphatic carbocycles. The van der Waals surface area contributed by atoms with Gasteiger partial charge in [0.25, 0.3) is 0 Å². The minimum Gasteiger partial charge on any atom is -0.310 e. The quantitative estimate of drug-likeness (QED) is 0.160. The first kappa shape index (κ1) is 35.1. The smallest absolute Gasteiger partial charge is 0.127 e. The van der Waals surface area contributed by atoms with Crippen LogP contribution in [0.4, 0.5) is 34.3 Å². The maximum Gasteiger partial charge on any atom is 0.127 e. The minimum absolute atomic E-state index is 0.493. The third-order valence-electron chi connectivity index (χ3n) is 12.9. The molecule has 0 N–H and O–H groups in total. The molecule has 10 aromatic rings. The predicted molar refractivity (Wildman–Crippen MR) is 253 cm³/mol. The van der Waals surface area contributed by atoms with E-state index >= 15 is 0 Å². The van der Waals surface area contributed by atoms with Gasteiger partial charge in [-0.15, -0.1) is 0 Å². The van der Waals surface area contributed by atoms with Gasteiger partial charge in [-0.3, -0.25) is 9.47 Å². The van der Waals surface area contributed by atoms with Crippen molar-refractivity contribution in [3.05, 3.63) is 270 Å². The highest BCUT2D eigenvalue weighted by Crippen LogP contribution is 2.57. The van der Waals surface area contributed by atoms with Crippen molar-refractivity contribution in [2.45, 2.75) is 11.8 Å². The number of para-hydroxylation sites is 4. The van der Waals surface area contributed by atoms with Gasteiger partial charge in [0, 0.05) is 45.8 Å². The van der Waals surface area contributed by atoms with Gasteiger partial charge in [-0.2, -0.15) is 0 Å². The van der Waals surface area contributed by atoms with Crippen LogP contribution in [-0.2, 0) is 11.8 Å². The van der Waals surface area contributed by atoms with Gasteiger partial charge in [-0.1, -0.05) is 164 Å². The molecule has 9 aromatic carbocycles. The number of benzene rings is 9. The molecule has 1 aliphatic heterocycles. The molecular formula is C58H41N3. The summed E-state index contributed by atoms with van der Waals surface area (Å²) in [6.07, 6.45) is 0.873. The summed E-state index contributed by atoms with van der Waals surface area (Å²) in [6.45, 7) is 0. The van der Waals surface area contributed by atoms with E-state index < -0.39 is 5.41 Å². The predicted octanol–water partition coefficient (Wildman–Crippen LogP) is 14.8. The van der Waals surface area contributed by atoms with Crippen LogP contribution < -0.4 is 9.80 Å². The highest BCUT2D eigenvalue weighted by molar-refractivity contribution is 5.98. The Labute approximate surface area is 356 Å². The lowest BCUT2D eigenvalue weighted by Gasteiger charge is -2.35. The molecule has 0 saturated heterocycles. The molecule has 0 radical (unpaired) electrons. The summed E-state index contributed by atoms with van der Waals surface area (Å²) in [5.41, 5.74) is 17.8. The fraction of sp³-hybridized carbons (Fsp3) is 0.0345. The lowest BCUT2D eigenvalue weighted by atomic mass is 9.67. The van der Waals surface area contributed by atoms with Crippen LogP contribution >= 0.6 is 0 Å². The molecule has 0 amide bonds. The van der Waals surface area contributed by atoms with Crippen molar-refractivity contribution >= 4 is 45.2 Å². The van der Waals surface area contributed by atoms with Gasteiger partial charge in [-0.05, 0) is 112 Å². The molecule has 3 heteroatoms. The van der Waals surface area contributed by atoms with Crippen molar-refractivity contribution in [2.75, 3.05) is 9.80 Å². The largest absolute Gasteiger partial charge is 0.310 e. The summed E-state index contributed by atoms with van der Waals surface area (Å²) in [5.74, 6) is 1.19. The second-order valence-corrected chi connectivity index (χ2v) is 16.1. The fourth-order valence-corrected chi connectivity index (χ4v) is 10.3. The first-order chi connectivity index (χ1) is 30.3. The van der Waals surface area contributed by atoms with E-state index in [0.717, 1.165) is 34.9 Å². The molecule has 0 fully saturated rings. The van der Waals surface area contributed by atoms with Crippen LogP contribution in [0.5, 0.6) is 0 Å². The zero-order valence-corrected chi connectivity index (χ0v) is 33.6. The zero-order chi connectivity index (χ0) is 40.3. The summed E-state index contributed by atoms with van der Waals surface area (Å²) in [5, 5.41) is 1.29. The number of hydrogen-bond donors (Lipinski definition) is 0. The Kier molecular flexibility index (Phi) is 8.14. The summed E-state index contributed by atoms with van der Waals surface area (Å²) in [7, 11) is 0. The summed E-state index contributed by atoms with van der Waals surface area (Å²) < 4.78 is 2.44. The van der Waals surface area contributed by atoms with E-state index in [4.69, 9.17) is 0 Å². The molecule has 2 aliphatic rings. The minimum atomic E-state index is -0.493. The van der Waals surface area contributed by atoms with Gasteiger partial charge in [0.1, 0.15) is 5.82 Å². The van der Waals surface area contributed by atoms with E-state index in [1.54, 1.807) is 0 Å². The SMILES string of the molecule is c1ccc(N(c2ccc(N3c4ccccc4Cc4c3n(-c3ccccc3)c3ccccc43)cc2)c2ccc3c(c2)C(c2ccccc2)(c2ccccc2)c2ccccc2-3)cc1. The Balaban J connectivity index is 1.04. The van der Waals surface area contributed by atoms with Gasteiger partial charge < -0.3 is 4.90 Å². The van der Waals surface area contributed by atoms with Crippen molar-refractivity contribution in [1.82, 2.24) is 4.57 Å². The number of anilines is 6. The molecule has 2 heterocycles. The molecule has 0 atom stereocenters. The second kappa shape index (κ2) is 14.1. The highest BCUT2D eigenvalue weighted by Gasteiger charge is 2.46. The third kappa shape index (κ3) is 5.37. The van der Waals surface area contributed by atoms with Crippen LogP contribution in [0, 0.1) is 0 Å². The van der Waals surface area contributed by atoms with Crippen LogP contribution in [0.1, 0.15) is 33.4 Å². The monoisotopic (exact) mass is 779 g/mol. The van der Waals surface area contributed by atoms with E-state index in [2.05, 4.69) is 251 Å². The van der Waals surface area contributed by atoms with E-state index in [0.29, 0.717) is 0 Å². The third-order valence-corrected chi connectivity index (χ3v) is 12.9. The molecule has 1 aromatic heterocycles. The molecular weight excluding hydrogens is 739 g/mol. The first-order valence-electron chi connectivity index (χ1n) is 21.2. The van der Waals surface area contributed by atoms with Gasteiger partial charge in [0.05, 0.1) is 16.6 Å². The molecule has 0 saturated carbocycles. The fourth-order valence-electron chi connectivity index (χ4n) is 10.3. The molecule has 0 unspecified atom stereocenters. The summed E-state index contributed by atoms with van der Waals surface area (Å²) >= 11 is 0. The van der Waals surface area contributed by atoms with Crippen molar-refractivity contribution < 1.29 is 0 Å². The van der Waals surface area contributed by atoms with E-state index in [1.807, 2.05) is 0 Å². The summed E-state index contributed by atoms with van der Waals surface area (Å²) in [6, 6.07) is 86.6. The Morgan fingerprint density at radius 1 is 0.410 bits per heavy atom. The number of rotatable bonds is 7. The number of aromatic nitrogens is 1. The zero-order valence-electron chi connectivity index (χ0n) is 33.6. The molecule has 12 rings (SSSR count). The normalized spacial score (nSPS) is 13.3. The van der Waals surface area contributed by atoms with E-state index in [-0.39, 0.29) is 0 Å². The number of hydrogen-bond acceptors (Lipinski definition) is 2. The van der Waals surface area contributed by atoms with Crippen molar-refractivity contribution in [3.63, 3.8) is 0 Å². The molecule has 0 spiro atoms. The van der Waals surface area contributed by atoms with Crippen LogP contribution in [-0.4, -0.2) is 4.57 Å². The average Bonchev–Trinajstić information content (AvgIpc) is 3.82. The lowest BCUT2D eigenvalue weighted by molar-refractivity contribution is 0.768. The van der Waals surface area contributed by atoms with Crippen molar-refractivity contribution in [2.24, 2.45) is 0 Å². The standard InChI is InChI=1S/C58H41N3/c1-5-20-42(21-6-1)58(43-22-7-2-8-23-43)53-30-16-14-28-49(53)50-38-37-48(40-54(50)58)59(44-24-9-3-10-25-44)46-33-35-47(36-34-46)60-55-31-17-13-19-41(55)39-52-51-29-15-18-32-56(51)61(57(52)60)45-26-11-4-12-27-45/h1-38,40H,39H2. The van der Waals surface area contributed by atoms with E-state index in [1.165, 1.54) is 66.9 Å². The van der Waals surface area contributed by atoms with Crippen LogP contribution in [0.3, 0.4) is 0 Å². The highest BCUT2D eigenvalue weighted by atomic mass is 15.3. The van der Waals surface area contributed by atoms with Gasteiger partial charge >= 0.3 is 0 Å². The Hall–Kier alpha value is -7.88. The first-order valence-corrected chi connectivity index (χ1v) is 21.2. The van der Waals surface area contributed by atoms with Crippen LogP contribution in [0.2, 0.25) is 0 Å². The van der Waals surface area contributed by atoms with Gasteiger partial charge in [0.2, 0.25) is 0 Å². The molecule has 61 heavy (non-hydrogen) atoms. The molecule has 288 valence electrons. The number of nitrogens with zero attached hydrogens (tertiary/aromatic N) is 3. The Bertz CT molecular complexity index is 3170. The average molecular weight is 780 g/mol. The molecule has 0 bridgehead atoms.